The monoisotopic (exact) mass is 426 g/mol. The zero-order valence-electron chi connectivity index (χ0n) is 15.8. The molecule has 0 aliphatic rings. The average molecular weight is 427 g/mol. The van der Waals surface area contributed by atoms with E-state index in [1.807, 2.05) is 0 Å². The van der Waals surface area contributed by atoms with E-state index in [0.717, 1.165) is 0 Å². The second kappa shape index (κ2) is 13.4. The van der Waals surface area contributed by atoms with Gasteiger partial charge in [0.2, 0.25) is 17.7 Å². The lowest BCUT2D eigenvalue weighted by Crippen LogP contribution is -2.49. The Bertz CT molecular complexity index is 512. The number of halogens is 2. The summed E-state index contributed by atoms with van der Waals surface area (Å²) in [5.41, 5.74) is -0.608. The van der Waals surface area contributed by atoms with Gasteiger partial charge in [-0.05, 0) is 33.6 Å². The molecular weight excluding hydrogens is 399 g/mol. The predicted molar refractivity (Wildman–Crippen MR) is 103 cm³/mol. The zero-order valence-corrected chi connectivity index (χ0v) is 17.3. The van der Waals surface area contributed by atoms with Gasteiger partial charge >= 0.3 is 6.09 Å². The van der Waals surface area contributed by atoms with E-state index in [9.17, 15) is 19.2 Å². The SMILES string of the molecule is CC(C)(C)OC(=O)NCCNC(=O)[C@H](CCCNC(=O)CCl)NC(=O)CCl. The first-order valence-electron chi connectivity index (χ1n) is 8.51. The first kappa shape index (κ1) is 25.3. The smallest absolute Gasteiger partial charge is 0.407 e. The number of alkyl halides is 2. The van der Waals surface area contributed by atoms with Gasteiger partial charge in [-0.25, -0.2) is 4.79 Å². The summed E-state index contributed by atoms with van der Waals surface area (Å²) in [5, 5.41) is 10.2. The highest BCUT2D eigenvalue weighted by molar-refractivity contribution is 6.27. The summed E-state index contributed by atoms with van der Waals surface area (Å²) in [6.07, 6.45) is 0.175. The van der Waals surface area contributed by atoms with Crippen LogP contribution < -0.4 is 21.3 Å². The maximum absolute atomic E-state index is 12.2. The van der Waals surface area contributed by atoms with E-state index >= 15 is 0 Å². The summed E-state index contributed by atoms with van der Waals surface area (Å²) in [7, 11) is 0. The van der Waals surface area contributed by atoms with E-state index in [1.165, 1.54) is 0 Å². The fourth-order valence-electron chi connectivity index (χ4n) is 1.87. The molecule has 27 heavy (non-hydrogen) atoms. The molecule has 0 aliphatic carbocycles. The third-order valence-electron chi connectivity index (χ3n) is 2.98. The summed E-state index contributed by atoms with van der Waals surface area (Å²) in [5.74, 6) is -1.61. The Morgan fingerprint density at radius 1 is 0.889 bits per heavy atom. The molecule has 0 aromatic rings. The summed E-state index contributed by atoms with van der Waals surface area (Å²) in [4.78, 5) is 46.3. The molecule has 0 radical (unpaired) electrons. The van der Waals surface area contributed by atoms with Gasteiger partial charge in [0, 0.05) is 19.6 Å². The maximum Gasteiger partial charge on any atom is 0.407 e. The van der Waals surface area contributed by atoms with Crippen molar-refractivity contribution in [2.45, 2.75) is 45.3 Å². The van der Waals surface area contributed by atoms with Crippen LogP contribution >= 0.6 is 23.2 Å². The van der Waals surface area contributed by atoms with E-state index in [4.69, 9.17) is 27.9 Å². The predicted octanol–water partition coefficient (Wildman–Crippen LogP) is 0.486. The molecule has 0 spiro atoms. The van der Waals surface area contributed by atoms with Crippen molar-refractivity contribution in [3.05, 3.63) is 0 Å². The highest BCUT2D eigenvalue weighted by atomic mass is 35.5. The summed E-state index contributed by atoms with van der Waals surface area (Å²) in [6.45, 7) is 5.89. The third-order valence-corrected chi connectivity index (χ3v) is 3.46. The normalized spacial score (nSPS) is 11.9. The molecule has 0 fully saturated rings. The highest BCUT2D eigenvalue weighted by Crippen LogP contribution is 2.06. The van der Waals surface area contributed by atoms with Gasteiger partial charge in [-0.1, -0.05) is 0 Å². The van der Waals surface area contributed by atoms with Gasteiger partial charge in [0.25, 0.3) is 0 Å². The summed E-state index contributed by atoms with van der Waals surface area (Å²) in [6, 6.07) is -0.800. The van der Waals surface area contributed by atoms with Crippen LogP contribution in [-0.2, 0) is 19.1 Å². The van der Waals surface area contributed by atoms with Crippen LogP contribution in [0.2, 0.25) is 0 Å². The lowest BCUT2D eigenvalue weighted by molar-refractivity contribution is -0.128. The minimum Gasteiger partial charge on any atom is -0.444 e. The first-order chi connectivity index (χ1) is 12.6. The molecule has 156 valence electrons. The molecule has 0 saturated heterocycles. The third kappa shape index (κ3) is 14.0. The van der Waals surface area contributed by atoms with Gasteiger partial charge in [0.15, 0.2) is 0 Å². The van der Waals surface area contributed by atoms with Crippen molar-refractivity contribution in [2.24, 2.45) is 0 Å². The maximum atomic E-state index is 12.2. The zero-order chi connectivity index (χ0) is 20.9. The van der Waals surface area contributed by atoms with Crippen molar-refractivity contribution >= 4 is 47.0 Å². The number of rotatable bonds is 11. The largest absolute Gasteiger partial charge is 0.444 e. The van der Waals surface area contributed by atoms with Crippen molar-refractivity contribution in [2.75, 3.05) is 31.4 Å². The summed E-state index contributed by atoms with van der Waals surface area (Å²) >= 11 is 10.8. The number of carbonyl (C=O) groups excluding carboxylic acids is 4. The lowest BCUT2D eigenvalue weighted by atomic mass is 10.1. The molecule has 0 aliphatic heterocycles. The Balaban J connectivity index is 4.31. The van der Waals surface area contributed by atoms with Crippen LogP contribution in [0.25, 0.3) is 0 Å². The Hall–Kier alpha value is -1.74. The van der Waals surface area contributed by atoms with Crippen molar-refractivity contribution < 1.29 is 23.9 Å². The van der Waals surface area contributed by atoms with Gasteiger partial charge in [0.05, 0.1) is 0 Å². The topological polar surface area (TPSA) is 126 Å². The molecule has 0 saturated carbocycles. The van der Waals surface area contributed by atoms with Crippen LogP contribution in [-0.4, -0.2) is 66.9 Å². The van der Waals surface area contributed by atoms with E-state index in [-0.39, 0.29) is 30.8 Å². The molecule has 0 heterocycles. The Morgan fingerprint density at radius 3 is 2.04 bits per heavy atom. The Morgan fingerprint density at radius 2 is 1.48 bits per heavy atom. The standard InChI is InChI=1S/C16H28Cl2N4O5/c1-16(2,3)27-15(26)21-8-7-20-14(25)11(22-13(24)10-18)5-4-6-19-12(23)9-17/h11H,4-10H2,1-3H3,(H,19,23)(H,20,25)(H,21,26)(H,22,24)/t11-/m0/s1. The van der Waals surface area contributed by atoms with Gasteiger partial charge in [-0.15, -0.1) is 23.2 Å². The minimum atomic E-state index is -0.800. The van der Waals surface area contributed by atoms with Crippen LogP contribution in [0.5, 0.6) is 0 Å². The van der Waals surface area contributed by atoms with Crippen molar-refractivity contribution in [3.8, 4) is 0 Å². The molecule has 4 amide bonds. The molecule has 0 bridgehead atoms. The fourth-order valence-corrected chi connectivity index (χ4v) is 2.04. The fraction of sp³-hybridized carbons (Fsp3) is 0.750. The van der Waals surface area contributed by atoms with Crippen LogP contribution in [0.1, 0.15) is 33.6 Å². The molecule has 0 aromatic heterocycles. The van der Waals surface area contributed by atoms with E-state index in [0.29, 0.717) is 19.4 Å². The quantitative estimate of drug-likeness (QED) is 0.282. The number of hydrogen-bond acceptors (Lipinski definition) is 5. The van der Waals surface area contributed by atoms with E-state index in [2.05, 4.69) is 21.3 Å². The highest BCUT2D eigenvalue weighted by Gasteiger charge is 2.20. The number of nitrogens with one attached hydrogen (secondary N) is 4. The molecule has 11 heteroatoms. The first-order valence-corrected chi connectivity index (χ1v) is 9.58. The number of carbonyl (C=O) groups is 4. The van der Waals surface area contributed by atoms with Crippen LogP contribution in [0.4, 0.5) is 4.79 Å². The van der Waals surface area contributed by atoms with Crippen molar-refractivity contribution in [1.29, 1.82) is 0 Å². The molecular formula is C16H28Cl2N4O5. The average Bonchev–Trinajstić information content (AvgIpc) is 2.58. The number of amides is 4. The van der Waals surface area contributed by atoms with Gasteiger partial charge < -0.3 is 26.0 Å². The Kier molecular flexibility index (Phi) is 12.6. The number of alkyl carbamates (subject to hydrolysis) is 1. The molecule has 0 rings (SSSR count). The van der Waals surface area contributed by atoms with Gasteiger partial charge in [-0.3, -0.25) is 14.4 Å². The molecule has 0 aromatic carbocycles. The van der Waals surface area contributed by atoms with Crippen LogP contribution in [0.3, 0.4) is 0 Å². The van der Waals surface area contributed by atoms with Crippen LogP contribution in [0.15, 0.2) is 0 Å². The Labute approximate surface area is 169 Å². The lowest BCUT2D eigenvalue weighted by Gasteiger charge is -2.20. The second-order valence-electron chi connectivity index (χ2n) is 6.60. The van der Waals surface area contributed by atoms with E-state index < -0.39 is 29.6 Å². The second-order valence-corrected chi connectivity index (χ2v) is 7.13. The molecule has 0 unspecified atom stereocenters. The molecule has 9 nitrogen and oxygen atoms in total. The number of ether oxygens (including phenoxy) is 1. The van der Waals surface area contributed by atoms with Gasteiger partial charge in [0.1, 0.15) is 23.4 Å². The van der Waals surface area contributed by atoms with E-state index in [1.54, 1.807) is 20.8 Å². The summed E-state index contributed by atoms with van der Waals surface area (Å²) < 4.78 is 5.08. The molecule has 4 N–H and O–H groups in total. The van der Waals surface area contributed by atoms with Gasteiger partial charge in [-0.2, -0.15) is 0 Å². The molecule has 1 atom stereocenters. The van der Waals surface area contributed by atoms with Crippen molar-refractivity contribution in [1.82, 2.24) is 21.3 Å². The van der Waals surface area contributed by atoms with Crippen LogP contribution in [0, 0.1) is 0 Å². The van der Waals surface area contributed by atoms with Crippen molar-refractivity contribution in [3.63, 3.8) is 0 Å². The number of hydrogen-bond donors (Lipinski definition) is 4. The minimum absolute atomic E-state index is 0.141.